The number of nitrogens with zero attached hydrogens (tertiary/aromatic N) is 2. The fraction of sp³-hybridized carbons (Fsp3) is 0.0682. The average Bonchev–Trinajstić information content (AvgIpc) is 3.66. The molecule has 0 amide bonds. The van der Waals surface area contributed by atoms with Gasteiger partial charge in [-0.15, -0.1) is 0 Å². The molecular formula is C44H32N2O. The summed E-state index contributed by atoms with van der Waals surface area (Å²) in [6.45, 7) is 4.65. The molecule has 0 radical (unpaired) electrons. The van der Waals surface area contributed by atoms with Gasteiger partial charge in [-0.05, 0) is 93.4 Å². The fourth-order valence-electron chi connectivity index (χ4n) is 7.29. The molecule has 47 heavy (non-hydrogen) atoms. The summed E-state index contributed by atoms with van der Waals surface area (Å²) >= 11 is 0. The Morgan fingerprint density at radius 3 is 2.09 bits per heavy atom. The largest absolute Gasteiger partial charge is 0.436 e. The van der Waals surface area contributed by atoms with Gasteiger partial charge >= 0.3 is 0 Å². The number of hydrogen-bond donors (Lipinski definition) is 0. The predicted octanol–water partition coefficient (Wildman–Crippen LogP) is 12.1. The molecule has 0 aliphatic heterocycles. The van der Waals surface area contributed by atoms with E-state index in [1.807, 2.05) is 12.1 Å². The molecule has 3 heteroatoms. The highest BCUT2D eigenvalue weighted by molar-refractivity contribution is 6.04. The first kappa shape index (κ1) is 27.4. The van der Waals surface area contributed by atoms with Crippen LogP contribution in [0.15, 0.2) is 162 Å². The van der Waals surface area contributed by atoms with Crippen molar-refractivity contribution < 1.29 is 4.42 Å². The summed E-state index contributed by atoms with van der Waals surface area (Å²) in [5.41, 5.74) is 13.6. The lowest BCUT2D eigenvalue weighted by Crippen LogP contribution is -2.15. The minimum atomic E-state index is -0.0466. The molecule has 1 aliphatic carbocycles. The van der Waals surface area contributed by atoms with E-state index in [9.17, 15) is 0 Å². The maximum absolute atomic E-state index is 6.27. The van der Waals surface area contributed by atoms with Gasteiger partial charge in [0.1, 0.15) is 5.52 Å². The van der Waals surface area contributed by atoms with Gasteiger partial charge in [-0.1, -0.05) is 117 Å². The summed E-state index contributed by atoms with van der Waals surface area (Å²) in [6.07, 6.45) is 0. The number of fused-ring (bicyclic) bond motifs is 6. The Morgan fingerprint density at radius 1 is 0.511 bits per heavy atom. The second-order valence-corrected chi connectivity index (χ2v) is 12.9. The van der Waals surface area contributed by atoms with Crippen LogP contribution in [0.5, 0.6) is 0 Å². The third kappa shape index (κ3) is 4.46. The van der Waals surface area contributed by atoms with E-state index >= 15 is 0 Å². The van der Waals surface area contributed by atoms with Crippen molar-refractivity contribution in [3.63, 3.8) is 0 Å². The second-order valence-electron chi connectivity index (χ2n) is 12.9. The van der Waals surface area contributed by atoms with Crippen molar-refractivity contribution in [2.24, 2.45) is 0 Å². The third-order valence-corrected chi connectivity index (χ3v) is 9.69. The summed E-state index contributed by atoms with van der Waals surface area (Å²) < 4.78 is 6.27. The van der Waals surface area contributed by atoms with Crippen molar-refractivity contribution in [1.29, 1.82) is 0 Å². The zero-order valence-electron chi connectivity index (χ0n) is 26.3. The summed E-state index contributed by atoms with van der Waals surface area (Å²) in [5, 5.41) is 2.26. The first-order valence-corrected chi connectivity index (χ1v) is 16.1. The monoisotopic (exact) mass is 604 g/mol. The van der Waals surface area contributed by atoms with Gasteiger partial charge in [-0.2, -0.15) is 0 Å². The van der Waals surface area contributed by atoms with Gasteiger partial charge in [0.05, 0.1) is 0 Å². The Hall–Kier alpha value is -5.93. The van der Waals surface area contributed by atoms with Crippen molar-refractivity contribution in [3.05, 3.63) is 169 Å². The minimum absolute atomic E-state index is 0.0466. The lowest BCUT2D eigenvalue weighted by atomic mass is 9.82. The van der Waals surface area contributed by atoms with Crippen LogP contribution in [-0.2, 0) is 5.41 Å². The lowest BCUT2D eigenvalue weighted by molar-refractivity contribution is 0.620. The van der Waals surface area contributed by atoms with Gasteiger partial charge in [-0.3, -0.25) is 0 Å². The molecule has 0 spiro atoms. The third-order valence-electron chi connectivity index (χ3n) is 9.69. The van der Waals surface area contributed by atoms with E-state index in [1.165, 1.54) is 33.4 Å². The highest BCUT2D eigenvalue weighted by atomic mass is 16.3. The van der Waals surface area contributed by atoms with Gasteiger partial charge in [0, 0.05) is 33.4 Å². The first-order chi connectivity index (χ1) is 23.0. The standard InChI is InChI=1S/C44H32N2O/c1-44(2)39-18-9-8-17-37(39)38-28-35(24-25-40(38)44)46(34-15-10-14-32(27-34)29-11-4-3-5-12-29)33-22-19-31(20-23-33)43-45-42-36-16-7-6-13-30(36)21-26-41(42)47-43/h3-28H,1-2H3. The van der Waals surface area contributed by atoms with Crippen LogP contribution >= 0.6 is 0 Å². The molecule has 0 atom stereocenters. The van der Waals surface area contributed by atoms with Crippen LogP contribution in [0, 0.1) is 0 Å². The molecule has 0 unspecified atom stereocenters. The van der Waals surface area contributed by atoms with E-state index in [0.29, 0.717) is 5.89 Å². The number of benzene rings is 7. The van der Waals surface area contributed by atoms with E-state index in [1.54, 1.807) is 0 Å². The summed E-state index contributed by atoms with van der Waals surface area (Å²) in [7, 11) is 0. The average molecular weight is 605 g/mol. The summed E-state index contributed by atoms with van der Waals surface area (Å²) in [6, 6.07) is 56.1. The normalized spacial score (nSPS) is 13.1. The van der Waals surface area contributed by atoms with Crippen LogP contribution < -0.4 is 4.90 Å². The van der Waals surface area contributed by atoms with Crippen LogP contribution in [0.1, 0.15) is 25.0 Å². The molecule has 0 fully saturated rings. The van der Waals surface area contributed by atoms with E-state index in [0.717, 1.165) is 44.5 Å². The number of rotatable bonds is 5. The molecule has 1 heterocycles. The van der Waals surface area contributed by atoms with Gasteiger partial charge < -0.3 is 9.32 Å². The van der Waals surface area contributed by atoms with Crippen molar-refractivity contribution in [3.8, 4) is 33.7 Å². The Morgan fingerprint density at radius 2 is 1.21 bits per heavy atom. The topological polar surface area (TPSA) is 29.3 Å². The van der Waals surface area contributed by atoms with Crippen molar-refractivity contribution >= 4 is 38.9 Å². The maximum Gasteiger partial charge on any atom is 0.227 e. The minimum Gasteiger partial charge on any atom is -0.436 e. The molecule has 1 aliphatic rings. The van der Waals surface area contributed by atoms with E-state index < -0.39 is 0 Å². The van der Waals surface area contributed by atoms with Gasteiger partial charge in [0.25, 0.3) is 0 Å². The SMILES string of the molecule is CC1(C)c2ccccc2-c2cc(N(c3ccc(-c4nc5c(ccc6ccccc65)o4)cc3)c3cccc(-c4ccccc4)c3)ccc21. The molecule has 224 valence electrons. The van der Waals surface area contributed by atoms with Crippen LogP contribution in [0.4, 0.5) is 17.1 Å². The number of hydrogen-bond acceptors (Lipinski definition) is 3. The molecule has 8 aromatic rings. The highest BCUT2D eigenvalue weighted by Crippen LogP contribution is 2.50. The van der Waals surface area contributed by atoms with E-state index in [2.05, 4.69) is 164 Å². The smallest absolute Gasteiger partial charge is 0.227 e. The Labute approximate surface area is 274 Å². The van der Waals surface area contributed by atoms with Crippen molar-refractivity contribution in [1.82, 2.24) is 4.98 Å². The Balaban J connectivity index is 1.17. The van der Waals surface area contributed by atoms with Gasteiger partial charge in [0.2, 0.25) is 5.89 Å². The molecule has 0 saturated carbocycles. The van der Waals surface area contributed by atoms with E-state index in [4.69, 9.17) is 9.40 Å². The first-order valence-electron chi connectivity index (χ1n) is 16.1. The fourth-order valence-corrected chi connectivity index (χ4v) is 7.29. The van der Waals surface area contributed by atoms with Crippen molar-refractivity contribution in [2.75, 3.05) is 4.90 Å². The number of anilines is 3. The number of aromatic nitrogens is 1. The van der Waals surface area contributed by atoms with Crippen LogP contribution in [0.25, 0.3) is 55.6 Å². The highest BCUT2D eigenvalue weighted by Gasteiger charge is 2.35. The van der Waals surface area contributed by atoms with Gasteiger partial charge in [-0.25, -0.2) is 4.98 Å². The Bertz CT molecular complexity index is 2440. The second kappa shape index (κ2) is 10.6. The lowest BCUT2D eigenvalue weighted by Gasteiger charge is -2.27. The summed E-state index contributed by atoms with van der Waals surface area (Å²) in [5.74, 6) is 0.622. The van der Waals surface area contributed by atoms with Crippen LogP contribution in [-0.4, -0.2) is 4.98 Å². The zero-order valence-corrected chi connectivity index (χ0v) is 26.3. The molecule has 0 N–H and O–H groups in total. The zero-order chi connectivity index (χ0) is 31.5. The molecule has 0 bridgehead atoms. The Kier molecular flexibility index (Phi) is 6.16. The molecule has 9 rings (SSSR count). The quantitative estimate of drug-likeness (QED) is 0.196. The van der Waals surface area contributed by atoms with Crippen molar-refractivity contribution in [2.45, 2.75) is 19.3 Å². The number of oxazole rings is 1. The molecule has 7 aromatic carbocycles. The maximum atomic E-state index is 6.27. The van der Waals surface area contributed by atoms with Crippen LogP contribution in [0.2, 0.25) is 0 Å². The molecule has 0 saturated heterocycles. The van der Waals surface area contributed by atoms with E-state index in [-0.39, 0.29) is 5.41 Å². The van der Waals surface area contributed by atoms with Crippen LogP contribution in [0.3, 0.4) is 0 Å². The molecule has 1 aromatic heterocycles. The predicted molar refractivity (Wildman–Crippen MR) is 195 cm³/mol. The molecule has 3 nitrogen and oxygen atoms in total. The summed E-state index contributed by atoms with van der Waals surface area (Å²) in [4.78, 5) is 7.29. The van der Waals surface area contributed by atoms with Gasteiger partial charge in [0.15, 0.2) is 5.58 Å². The molecular weight excluding hydrogens is 572 g/mol.